The van der Waals surface area contributed by atoms with Gasteiger partial charge in [0.25, 0.3) is 6.20 Å². The summed E-state index contributed by atoms with van der Waals surface area (Å²) < 4.78 is 0. The van der Waals surface area contributed by atoms with Crippen molar-refractivity contribution < 1.29 is 4.92 Å². The number of nitro groups is 1. The highest BCUT2D eigenvalue weighted by Gasteiger charge is 2.15. The lowest BCUT2D eigenvalue weighted by molar-refractivity contribution is -0.404. The Labute approximate surface area is 132 Å². The van der Waals surface area contributed by atoms with Crippen molar-refractivity contribution in [3.05, 3.63) is 34.0 Å². The summed E-state index contributed by atoms with van der Waals surface area (Å²) >= 11 is 0. The van der Waals surface area contributed by atoms with Gasteiger partial charge in [-0.25, -0.2) is 0 Å². The molecule has 3 N–H and O–H groups in total. The Morgan fingerprint density at radius 2 is 2.27 bits per heavy atom. The molecule has 1 aliphatic carbocycles. The van der Waals surface area contributed by atoms with Crippen molar-refractivity contribution in [2.75, 3.05) is 19.8 Å². The van der Waals surface area contributed by atoms with E-state index in [2.05, 4.69) is 27.8 Å². The highest BCUT2D eigenvalue weighted by atomic mass is 16.6. The lowest BCUT2D eigenvalue weighted by Crippen LogP contribution is -2.37. The Morgan fingerprint density at radius 1 is 1.50 bits per heavy atom. The van der Waals surface area contributed by atoms with E-state index < -0.39 is 4.92 Å². The molecule has 124 valence electrons. The molecule has 2 rings (SSSR count). The molecule has 1 fully saturated rings. The zero-order chi connectivity index (χ0) is 15.8. The first kappa shape index (κ1) is 16.5. The fourth-order valence-corrected chi connectivity index (χ4v) is 2.97. The second-order valence-electron chi connectivity index (χ2n) is 6.00. The zero-order valence-corrected chi connectivity index (χ0v) is 13.3. The molecule has 0 atom stereocenters. The molecular weight excluding hydrogens is 282 g/mol. The molecule has 1 heterocycles. The summed E-state index contributed by atoms with van der Waals surface area (Å²) in [6, 6.07) is 0.361. The first-order chi connectivity index (χ1) is 10.6. The summed E-state index contributed by atoms with van der Waals surface area (Å²) in [5.41, 5.74) is 1.24. The summed E-state index contributed by atoms with van der Waals surface area (Å²) in [7, 11) is 0. The minimum absolute atomic E-state index is 0.361. The number of nitrogens with zero attached hydrogens (tertiary/aromatic N) is 2. The summed E-state index contributed by atoms with van der Waals surface area (Å²) in [6.45, 7) is 4.60. The van der Waals surface area contributed by atoms with Crippen LogP contribution in [0.5, 0.6) is 0 Å². The maximum absolute atomic E-state index is 10.8. The summed E-state index contributed by atoms with van der Waals surface area (Å²) in [6.07, 6.45) is 9.88. The molecule has 0 radical (unpaired) electrons. The first-order valence-electron chi connectivity index (χ1n) is 8.16. The normalized spacial score (nSPS) is 19.6. The second kappa shape index (κ2) is 8.51. The van der Waals surface area contributed by atoms with Gasteiger partial charge in [0.15, 0.2) is 5.82 Å². The summed E-state index contributed by atoms with van der Waals surface area (Å²) in [5.74, 6) is 0.545. The minimum atomic E-state index is -0.393. The van der Waals surface area contributed by atoms with Gasteiger partial charge >= 0.3 is 0 Å². The third kappa shape index (κ3) is 5.46. The third-order valence-electron chi connectivity index (χ3n) is 4.21. The Balaban J connectivity index is 1.72. The summed E-state index contributed by atoms with van der Waals surface area (Å²) in [5, 5.41) is 20.4. The molecule has 22 heavy (non-hydrogen) atoms. The molecule has 2 aliphatic rings. The van der Waals surface area contributed by atoms with E-state index in [1.165, 1.54) is 25.0 Å². The van der Waals surface area contributed by atoms with Crippen LogP contribution in [-0.4, -0.2) is 35.6 Å². The molecular formula is C15H27N5O2. The molecule has 0 spiro atoms. The lowest BCUT2D eigenvalue weighted by atomic mass is 9.95. The summed E-state index contributed by atoms with van der Waals surface area (Å²) in [4.78, 5) is 12.6. The van der Waals surface area contributed by atoms with Crippen LogP contribution in [0.15, 0.2) is 23.9 Å². The standard InChI is InChI=1S/C15H27N5O2/c1-13-10-16-12-19(13)9-5-8-17-15(11-20(21)22)18-14-6-3-2-4-7-14/h10-11,14,16-18H,2-9,12H2,1H3/b15-11+. The van der Waals surface area contributed by atoms with Gasteiger partial charge in [-0.05, 0) is 26.2 Å². The SMILES string of the molecule is CC1=CNCN1CCCN/C(=C\[N+](=O)[O-])NC1CCCCC1. The van der Waals surface area contributed by atoms with Gasteiger partial charge in [0, 0.05) is 31.0 Å². The lowest BCUT2D eigenvalue weighted by Gasteiger charge is -2.25. The number of allylic oxidation sites excluding steroid dienone is 1. The van der Waals surface area contributed by atoms with Crippen molar-refractivity contribution in [1.82, 2.24) is 20.9 Å². The van der Waals surface area contributed by atoms with Gasteiger partial charge in [-0.1, -0.05) is 19.3 Å². The second-order valence-corrected chi connectivity index (χ2v) is 6.00. The molecule has 0 aromatic carbocycles. The van der Waals surface area contributed by atoms with E-state index >= 15 is 0 Å². The predicted molar refractivity (Wildman–Crippen MR) is 86.2 cm³/mol. The molecule has 0 aromatic heterocycles. The van der Waals surface area contributed by atoms with E-state index in [0.29, 0.717) is 11.9 Å². The first-order valence-corrected chi connectivity index (χ1v) is 8.16. The van der Waals surface area contributed by atoms with Crippen LogP contribution in [0.4, 0.5) is 0 Å². The van der Waals surface area contributed by atoms with E-state index in [-0.39, 0.29) is 0 Å². The Bertz CT molecular complexity index is 430. The number of hydrogen-bond acceptors (Lipinski definition) is 6. The fourth-order valence-electron chi connectivity index (χ4n) is 2.97. The number of hydrogen-bond donors (Lipinski definition) is 3. The average Bonchev–Trinajstić information content (AvgIpc) is 2.89. The van der Waals surface area contributed by atoms with Crippen molar-refractivity contribution in [2.45, 2.75) is 51.5 Å². The topological polar surface area (TPSA) is 82.5 Å². The van der Waals surface area contributed by atoms with E-state index in [1.807, 2.05) is 6.20 Å². The third-order valence-corrected chi connectivity index (χ3v) is 4.21. The van der Waals surface area contributed by atoms with Crippen LogP contribution in [0, 0.1) is 10.1 Å². The van der Waals surface area contributed by atoms with Crippen molar-refractivity contribution in [2.24, 2.45) is 0 Å². The van der Waals surface area contributed by atoms with E-state index in [4.69, 9.17) is 0 Å². The van der Waals surface area contributed by atoms with Gasteiger partial charge in [0.1, 0.15) is 0 Å². The maximum Gasteiger partial charge on any atom is 0.274 e. The van der Waals surface area contributed by atoms with Gasteiger partial charge in [0.2, 0.25) is 0 Å². The quantitative estimate of drug-likeness (QED) is 0.359. The zero-order valence-electron chi connectivity index (χ0n) is 13.3. The Kier molecular flexibility index (Phi) is 6.36. The largest absolute Gasteiger partial charge is 0.372 e. The average molecular weight is 309 g/mol. The highest BCUT2D eigenvalue weighted by molar-refractivity contribution is 5.01. The van der Waals surface area contributed by atoms with Gasteiger partial charge in [-0.15, -0.1) is 0 Å². The van der Waals surface area contributed by atoms with E-state index in [0.717, 1.165) is 45.2 Å². The number of nitrogens with one attached hydrogen (secondary N) is 3. The van der Waals surface area contributed by atoms with E-state index in [9.17, 15) is 10.1 Å². The van der Waals surface area contributed by atoms with Gasteiger partial charge in [0.05, 0.1) is 11.6 Å². The molecule has 1 saturated carbocycles. The molecule has 0 bridgehead atoms. The van der Waals surface area contributed by atoms with Crippen LogP contribution < -0.4 is 16.0 Å². The van der Waals surface area contributed by atoms with Crippen LogP contribution in [-0.2, 0) is 0 Å². The van der Waals surface area contributed by atoms with Crippen molar-refractivity contribution >= 4 is 0 Å². The van der Waals surface area contributed by atoms with Crippen LogP contribution in [0.25, 0.3) is 0 Å². The van der Waals surface area contributed by atoms with Crippen molar-refractivity contribution in [3.63, 3.8) is 0 Å². The van der Waals surface area contributed by atoms with Gasteiger partial charge in [-0.3, -0.25) is 10.1 Å². The molecule has 0 amide bonds. The molecule has 1 aliphatic heterocycles. The smallest absolute Gasteiger partial charge is 0.274 e. The number of rotatable bonds is 8. The highest BCUT2D eigenvalue weighted by Crippen LogP contribution is 2.18. The van der Waals surface area contributed by atoms with Crippen LogP contribution in [0.1, 0.15) is 45.4 Å². The van der Waals surface area contributed by atoms with Crippen LogP contribution in [0.3, 0.4) is 0 Å². The molecule has 0 unspecified atom stereocenters. The maximum atomic E-state index is 10.8. The van der Waals surface area contributed by atoms with Crippen molar-refractivity contribution in [1.29, 1.82) is 0 Å². The van der Waals surface area contributed by atoms with Crippen LogP contribution in [0.2, 0.25) is 0 Å². The van der Waals surface area contributed by atoms with Gasteiger partial charge in [-0.2, -0.15) is 0 Å². The van der Waals surface area contributed by atoms with Crippen LogP contribution >= 0.6 is 0 Å². The molecule has 7 nitrogen and oxygen atoms in total. The Morgan fingerprint density at radius 3 is 2.91 bits per heavy atom. The molecule has 7 heteroatoms. The predicted octanol–water partition coefficient (Wildman–Crippen LogP) is 1.69. The Hall–Kier alpha value is -1.92. The van der Waals surface area contributed by atoms with E-state index in [1.54, 1.807) is 0 Å². The fraction of sp³-hybridized carbons (Fsp3) is 0.733. The molecule has 0 aromatic rings. The van der Waals surface area contributed by atoms with Gasteiger partial charge < -0.3 is 20.9 Å². The monoisotopic (exact) mass is 309 g/mol. The minimum Gasteiger partial charge on any atom is -0.372 e. The molecule has 0 saturated heterocycles. The van der Waals surface area contributed by atoms with Crippen molar-refractivity contribution in [3.8, 4) is 0 Å².